The standard InChI is InChI=1S/C9H14O6/c1-4-7(14-5(2)10)8(9(12)13-4)15-6(3)11/h4,7-9,12H,1-3H3/t4-,7-,8-,9-/m0/s1. The summed E-state index contributed by atoms with van der Waals surface area (Å²) in [5.41, 5.74) is 0. The van der Waals surface area contributed by atoms with Gasteiger partial charge in [0.15, 0.2) is 18.5 Å². The molecule has 1 rings (SSSR count). The number of hydrogen-bond acceptors (Lipinski definition) is 6. The average molecular weight is 218 g/mol. The number of rotatable bonds is 2. The van der Waals surface area contributed by atoms with Crippen molar-refractivity contribution in [3.05, 3.63) is 0 Å². The number of hydrogen-bond donors (Lipinski definition) is 1. The molecule has 0 spiro atoms. The highest BCUT2D eigenvalue weighted by atomic mass is 16.7. The first-order chi connectivity index (χ1) is 6.91. The molecule has 0 aromatic rings. The average Bonchev–Trinajstić information content (AvgIpc) is 2.30. The third kappa shape index (κ3) is 2.90. The molecule has 0 aliphatic carbocycles. The highest BCUT2D eigenvalue weighted by Gasteiger charge is 2.46. The topological polar surface area (TPSA) is 82.1 Å². The normalized spacial score (nSPS) is 34.9. The van der Waals surface area contributed by atoms with Gasteiger partial charge in [-0.3, -0.25) is 9.59 Å². The van der Waals surface area contributed by atoms with Crippen molar-refractivity contribution in [1.82, 2.24) is 0 Å². The molecular formula is C9H14O6. The molecule has 1 aliphatic rings. The lowest BCUT2D eigenvalue weighted by Crippen LogP contribution is -2.39. The monoisotopic (exact) mass is 218 g/mol. The Kier molecular flexibility index (Phi) is 3.65. The summed E-state index contributed by atoms with van der Waals surface area (Å²) in [4.78, 5) is 21.5. The molecule has 0 aromatic carbocycles. The van der Waals surface area contributed by atoms with Gasteiger partial charge in [-0.05, 0) is 6.92 Å². The summed E-state index contributed by atoms with van der Waals surface area (Å²) in [5, 5.41) is 9.40. The lowest BCUT2D eigenvalue weighted by Gasteiger charge is -2.20. The molecular weight excluding hydrogens is 204 g/mol. The van der Waals surface area contributed by atoms with E-state index in [-0.39, 0.29) is 0 Å². The minimum Gasteiger partial charge on any atom is -0.456 e. The molecule has 1 N–H and O–H groups in total. The second-order valence-corrected chi connectivity index (χ2v) is 3.38. The molecule has 15 heavy (non-hydrogen) atoms. The summed E-state index contributed by atoms with van der Waals surface area (Å²) >= 11 is 0. The van der Waals surface area contributed by atoms with E-state index in [4.69, 9.17) is 14.2 Å². The molecule has 4 atom stereocenters. The molecule has 0 radical (unpaired) electrons. The second-order valence-electron chi connectivity index (χ2n) is 3.38. The van der Waals surface area contributed by atoms with Gasteiger partial charge >= 0.3 is 11.9 Å². The van der Waals surface area contributed by atoms with Crippen LogP contribution in [0.1, 0.15) is 20.8 Å². The van der Waals surface area contributed by atoms with Crippen molar-refractivity contribution in [3.8, 4) is 0 Å². The van der Waals surface area contributed by atoms with Crippen molar-refractivity contribution in [2.75, 3.05) is 0 Å². The fraction of sp³-hybridized carbons (Fsp3) is 0.778. The molecule has 0 bridgehead atoms. The molecule has 0 saturated carbocycles. The third-order valence-electron chi connectivity index (χ3n) is 2.03. The minimum atomic E-state index is -1.26. The number of aliphatic hydroxyl groups excluding tert-OH is 1. The van der Waals surface area contributed by atoms with Crippen LogP contribution in [0.25, 0.3) is 0 Å². The summed E-state index contributed by atoms with van der Waals surface area (Å²) in [6.07, 6.45) is -3.48. The summed E-state index contributed by atoms with van der Waals surface area (Å²) < 4.78 is 14.7. The fourth-order valence-electron chi connectivity index (χ4n) is 1.48. The molecule has 0 amide bonds. The van der Waals surface area contributed by atoms with Crippen LogP contribution in [0, 0.1) is 0 Å². The summed E-state index contributed by atoms with van der Waals surface area (Å²) in [6, 6.07) is 0. The lowest BCUT2D eigenvalue weighted by molar-refractivity contribution is -0.174. The Morgan fingerprint density at radius 3 is 2.07 bits per heavy atom. The zero-order chi connectivity index (χ0) is 11.6. The van der Waals surface area contributed by atoms with Crippen LogP contribution in [-0.2, 0) is 23.8 Å². The Balaban J connectivity index is 2.70. The molecule has 6 heteroatoms. The van der Waals surface area contributed by atoms with Crippen molar-refractivity contribution in [2.24, 2.45) is 0 Å². The van der Waals surface area contributed by atoms with Gasteiger partial charge in [0, 0.05) is 13.8 Å². The number of esters is 2. The van der Waals surface area contributed by atoms with Gasteiger partial charge in [0.25, 0.3) is 0 Å². The fourth-order valence-corrected chi connectivity index (χ4v) is 1.48. The van der Waals surface area contributed by atoms with Gasteiger partial charge in [0.2, 0.25) is 0 Å². The SMILES string of the molecule is CC(=O)O[C@@H]1[C@H](OC(C)=O)[C@@H](O)O[C@H]1C. The summed E-state index contributed by atoms with van der Waals surface area (Å²) in [5.74, 6) is -1.07. The van der Waals surface area contributed by atoms with Crippen LogP contribution < -0.4 is 0 Å². The predicted octanol–water partition coefficient (Wildman–Crippen LogP) is -0.413. The van der Waals surface area contributed by atoms with Crippen LogP contribution in [0.4, 0.5) is 0 Å². The van der Waals surface area contributed by atoms with E-state index in [1.807, 2.05) is 0 Å². The van der Waals surface area contributed by atoms with Crippen LogP contribution in [0.15, 0.2) is 0 Å². The Bertz CT molecular complexity index is 237. The van der Waals surface area contributed by atoms with E-state index in [0.717, 1.165) is 0 Å². The van der Waals surface area contributed by atoms with E-state index in [1.54, 1.807) is 6.92 Å². The first kappa shape index (κ1) is 11.9. The van der Waals surface area contributed by atoms with Crippen molar-refractivity contribution < 1.29 is 28.9 Å². The van der Waals surface area contributed by atoms with Gasteiger partial charge in [-0.2, -0.15) is 0 Å². The third-order valence-corrected chi connectivity index (χ3v) is 2.03. The molecule has 1 saturated heterocycles. The maximum atomic E-state index is 10.8. The van der Waals surface area contributed by atoms with Gasteiger partial charge in [0.05, 0.1) is 6.10 Å². The van der Waals surface area contributed by atoms with E-state index in [0.29, 0.717) is 0 Å². The highest BCUT2D eigenvalue weighted by molar-refractivity contribution is 5.67. The van der Waals surface area contributed by atoms with Gasteiger partial charge < -0.3 is 19.3 Å². The van der Waals surface area contributed by atoms with Gasteiger partial charge in [-0.25, -0.2) is 0 Å². The largest absolute Gasteiger partial charge is 0.456 e. The van der Waals surface area contributed by atoms with Gasteiger partial charge in [0.1, 0.15) is 0 Å². The van der Waals surface area contributed by atoms with Crippen molar-refractivity contribution in [2.45, 2.75) is 45.4 Å². The quantitative estimate of drug-likeness (QED) is 0.634. The summed E-state index contributed by atoms with van der Waals surface area (Å²) in [7, 11) is 0. The van der Waals surface area contributed by atoms with Gasteiger partial charge in [-0.1, -0.05) is 0 Å². The smallest absolute Gasteiger partial charge is 0.303 e. The van der Waals surface area contributed by atoms with Gasteiger partial charge in [-0.15, -0.1) is 0 Å². The molecule has 0 aromatic heterocycles. The van der Waals surface area contributed by atoms with E-state index in [9.17, 15) is 14.7 Å². The zero-order valence-electron chi connectivity index (χ0n) is 8.80. The van der Waals surface area contributed by atoms with E-state index in [2.05, 4.69) is 0 Å². The van der Waals surface area contributed by atoms with Crippen molar-refractivity contribution in [1.29, 1.82) is 0 Å². The van der Waals surface area contributed by atoms with Crippen LogP contribution in [-0.4, -0.2) is 41.6 Å². The number of carbonyl (C=O) groups excluding carboxylic acids is 2. The first-order valence-corrected chi connectivity index (χ1v) is 4.59. The summed E-state index contributed by atoms with van der Waals surface area (Å²) in [6.45, 7) is 4.07. The molecule has 1 fully saturated rings. The maximum Gasteiger partial charge on any atom is 0.303 e. The Morgan fingerprint density at radius 2 is 1.60 bits per heavy atom. The first-order valence-electron chi connectivity index (χ1n) is 4.59. The molecule has 86 valence electrons. The zero-order valence-corrected chi connectivity index (χ0v) is 8.80. The van der Waals surface area contributed by atoms with Crippen LogP contribution >= 0.6 is 0 Å². The number of aliphatic hydroxyl groups is 1. The van der Waals surface area contributed by atoms with Crippen LogP contribution in [0.5, 0.6) is 0 Å². The second kappa shape index (κ2) is 4.59. The number of ether oxygens (including phenoxy) is 3. The molecule has 6 nitrogen and oxygen atoms in total. The van der Waals surface area contributed by atoms with Crippen molar-refractivity contribution in [3.63, 3.8) is 0 Å². The molecule has 0 unspecified atom stereocenters. The molecule has 1 heterocycles. The maximum absolute atomic E-state index is 10.8. The van der Waals surface area contributed by atoms with Crippen molar-refractivity contribution >= 4 is 11.9 Å². The lowest BCUT2D eigenvalue weighted by atomic mass is 10.1. The molecule has 1 aliphatic heterocycles. The highest BCUT2D eigenvalue weighted by Crippen LogP contribution is 2.25. The van der Waals surface area contributed by atoms with E-state index >= 15 is 0 Å². The van der Waals surface area contributed by atoms with Crippen LogP contribution in [0.2, 0.25) is 0 Å². The Morgan fingerprint density at radius 1 is 1.13 bits per heavy atom. The van der Waals surface area contributed by atoms with Crippen LogP contribution in [0.3, 0.4) is 0 Å². The number of carbonyl (C=O) groups is 2. The van der Waals surface area contributed by atoms with E-state index in [1.165, 1.54) is 13.8 Å². The van der Waals surface area contributed by atoms with E-state index < -0.39 is 36.5 Å². The predicted molar refractivity (Wildman–Crippen MR) is 47.7 cm³/mol. The Hall–Kier alpha value is -1.14. The minimum absolute atomic E-state index is 0.506. The Labute approximate surface area is 87.1 Å².